The summed E-state index contributed by atoms with van der Waals surface area (Å²) in [6, 6.07) is 145. The zero-order valence-corrected chi connectivity index (χ0v) is 53.1. The summed E-state index contributed by atoms with van der Waals surface area (Å²) >= 11 is 0. The SMILES string of the molecule is C(#Cc1ccc(-c2ccc(-c3c(-c4ccccc4)c(-c4ccccc4)c(-c4ccccc4)c(-c4ccccc4)c3-c3ccc(C(=C(c4ccccc4)c4ccccc4)c4ccccc4)cc3)cc2)cc1)c1ccc(C(=C(c2ccccc2)c2ccccc2)c2ccccc2)cc1. The van der Waals surface area contributed by atoms with Gasteiger partial charge in [0.15, 0.2) is 0 Å². The van der Waals surface area contributed by atoms with Crippen molar-refractivity contribution < 1.29 is 0 Å². The van der Waals surface area contributed by atoms with Crippen molar-refractivity contribution >= 4 is 22.3 Å². The van der Waals surface area contributed by atoms with Crippen molar-refractivity contribution in [3.63, 3.8) is 0 Å². The molecule has 0 N–H and O–H groups in total. The first-order valence-corrected chi connectivity index (χ1v) is 32.9. The Morgan fingerprint density at radius 3 is 0.500 bits per heavy atom. The normalized spacial score (nSPS) is 10.8. The summed E-state index contributed by atoms with van der Waals surface area (Å²) in [5, 5.41) is 0. The van der Waals surface area contributed by atoms with E-state index in [-0.39, 0.29) is 0 Å². The van der Waals surface area contributed by atoms with Gasteiger partial charge in [-0.3, -0.25) is 0 Å². The van der Waals surface area contributed by atoms with Crippen LogP contribution in [-0.4, -0.2) is 0 Å². The van der Waals surface area contributed by atoms with Crippen molar-refractivity contribution in [1.82, 2.24) is 0 Å². The standard InChI is InChI=1S/C96H66/c1-11-31-73(32-12-1)87(74-33-13-2-14-34-74)89(77-39-19-5-20-40-77)83-59-55-70(56-60-83)52-51-69-53-57-71(58-54-69)72-61-63-85(64-62-72)95-93(81-47-27-9-28-48-81)91(79-43-23-7-24-44-79)92(80-45-25-8-26-46-80)94(82-49-29-10-30-50-82)96(95)86-67-65-84(66-68-86)90(78-41-21-6-22-42-78)88(75-35-15-3-16-36-75)76-37-17-4-18-38-76/h1-50,53-68H. The van der Waals surface area contributed by atoms with Crippen LogP contribution in [0.5, 0.6) is 0 Å². The third kappa shape index (κ3) is 12.6. The van der Waals surface area contributed by atoms with Gasteiger partial charge in [-0.2, -0.15) is 0 Å². The Morgan fingerprint density at radius 2 is 0.271 bits per heavy atom. The second-order valence-corrected chi connectivity index (χ2v) is 24.0. The van der Waals surface area contributed by atoms with Gasteiger partial charge in [-0.25, -0.2) is 0 Å². The maximum atomic E-state index is 3.50. The first-order valence-electron chi connectivity index (χ1n) is 32.9. The summed E-state index contributed by atoms with van der Waals surface area (Å²) in [6.45, 7) is 0. The minimum Gasteiger partial charge on any atom is -0.0622 e. The lowest BCUT2D eigenvalue weighted by molar-refractivity contribution is 1.49. The Kier molecular flexibility index (Phi) is 17.4. The molecule has 0 amide bonds. The highest BCUT2D eigenvalue weighted by molar-refractivity contribution is 6.15. The monoisotopic (exact) mass is 1220 g/mol. The number of hydrogen-bond donors (Lipinski definition) is 0. The molecular formula is C96H66. The van der Waals surface area contributed by atoms with Crippen LogP contribution in [0.1, 0.15) is 55.6 Å². The summed E-state index contributed by atoms with van der Waals surface area (Å²) in [6.07, 6.45) is 0. The summed E-state index contributed by atoms with van der Waals surface area (Å²) in [5.41, 5.74) is 31.9. The van der Waals surface area contributed by atoms with Gasteiger partial charge < -0.3 is 0 Å². The Labute approximate surface area is 564 Å². The van der Waals surface area contributed by atoms with Crippen LogP contribution in [0.2, 0.25) is 0 Å². The lowest BCUT2D eigenvalue weighted by atomic mass is 9.74. The molecule has 15 rings (SSSR count). The Bertz CT molecular complexity index is 5150. The average molecular weight is 1220 g/mol. The van der Waals surface area contributed by atoms with Gasteiger partial charge in [-0.05, 0) is 169 Å². The van der Waals surface area contributed by atoms with E-state index >= 15 is 0 Å². The Hall–Kier alpha value is -12.7. The van der Waals surface area contributed by atoms with Crippen LogP contribution in [0.25, 0.3) is 100 Å². The second-order valence-electron chi connectivity index (χ2n) is 24.0. The van der Waals surface area contributed by atoms with Crippen LogP contribution in [0.4, 0.5) is 0 Å². The molecule has 0 aliphatic heterocycles. The lowest BCUT2D eigenvalue weighted by Gasteiger charge is -2.29. The van der Waals surface area contributed by atoms with Gasteiger partial charge in [-0.15, -0.1) is 0 Å². The molecule has 0 heterocycles. The van der Waals surface area contributed by atoms with E-state index in [2.05, 4.69) is 412 Å². The summed E-state index contributed by atoms with van der Waals surface area (Å²) in [4.78, 5) is 0. The van der Waals surface area contributed by atoms with E-state index in [0.29, 0.717) is 0 Å². The lowest BCUT2D eigenvalue weighted by Crippen LogP contribution is -2.02. The molecule has 0 saturated carbocycles. The predicted molar refractivity (Wildman–Crippen MR) is 406 cm³/mol. The van der Waals surface area contributed by atoms with Crippen LogP contribution in [-0.2, 0) is 0 Å². The van der Waals surface area contributed by atoms with Gasteiger partial charge in [-0.1, -0.05) is 388 Å². The van der Waals surface area contributed by atoms with Gasteiger partial charge in [0.2, 0.25) is 0 Å². The first kappa shape index (κ1) is 59.6. The zero-order valence-electron chi connectivity index (χ0n) is 53.1. The molecule has 0 heteroatoms. The summed E-state index contributed by atoms with van der Waals surface area (Å²) in [7, 11) is 0. The van der Waals surface area contributed by atoms with Crippen molar-refractivity contribution in [1.29, 1.82) is 0 Å². The highest BCUT2D eigenvalue weighted by Crippen LogP contribution is 2.56. The van der Waals surface area contributed by atoms with Crippen molar-refractivity contribution in [2.24, 2.45) is 0 Å². The molecule has 0 saturated heterocycles. The van der Waals surface area contributed by atoms with Crippen LogP contribution in [0.3, 0.4) is 0 Å². The van der Waals surface area contributed by atoms with Crippen LogP contribution in [0, 0.1) is 11.8 Å². The van der Waals surface area contributed by atoms with E-state index in [1.54, 1.807) is 0 Å². The molecule has 0 aliphatic rings. The van der Waals surface area contributed by atoms with Gasteiger partial charge in [0.25, 0.3) is 0 Å². The number of benzene rings is 15. The van der Waals surface area contributed by atoms with E-state index in [4.69, 9.17) is 0 Å². The molecule has 0 nitrogen and oxygen atoms in total. The smallest absolute Gasteiger partial charge is 0.0249 e. The molecule has 0 aromatic heterocycles. The van der Waals surface area contributed by atoms with Gasteiger partial charge >= 0.3 is 0 Å². The van der Waals surface area contributed by atoms with E-state index in [1.807, 2.05) is 0 Å². The minimum atomic E-state index is 0.950. The molecule has 0 radical (unpaired) electrons. The second kappa shape index (κ2) is 28.1. The maximum absolute atomic E-state index is 3.50. The van der Waals surface area contributed by atoms with Crippen LogP contribution in [0.15, 0.2) is 400 Å². The van der Waals surface area contributed by atoms with Crippen molar-refractivity contribution in [2.45, 2.75) is 0 Å². The quantitative estimate of drug-likeness (QED) is 0.0709. The molecule has 0 unspecified atom stereocenters. The van der Waals surface area contributed by atoms with Crippen LogP contribution < -0.4 is 0 Å². The van der Waals surface area contributed by atoms with E-state index in [1.165, 1.54) is 55.7 Å². The van der Waals surface area contributed by atoms with Gasteiger partial charge in [0, 0.05) is 11.1 Å². The topological polar surface area (TPSA) is 0 Å². The van der Waals surface area contributed by atoms with E-state index < -0.39 is 0 Å². The van der Waals surface area contributed by atoms with Crippen molar-refractivity contribution in [3.8, 4) is 89.7 Å². The maximum Gasteiger partial charge on any atom is 0.0249 e. The highest BCUT2D eigenvalue weighted by atomic mass is 14.3. The molecule has 15 aromatic rings. The van der Waals surface area contributed by atoms with Gasteiger partial charge in [0.05, 0.1) is 0 Å². The molecule has 0 aliphatic carbocycles. The zero-order chi connectivity index (χ0) is 64.2. The third-order valence-corrected chi connectivity index (χ3v) is 18.0. The van der Waals surface area contributed by atoms with Gasteiger partial charge in [0.1, 0.15) is 0 Å². The first-order chi connectivity index (χ1) is 47.7. The molecule has 0 bridgehead atoms. The van der Waals surface area contributed by atoms with Crippen LogP contribution >= 0.6 is 0 Å². The van der Waals surface area contributed by atoms with E-state index in [9.17, 15) is 0 Å². The fourth-order valence-electron chi connectivity index (χ4n) is 13.6. The third-order valence-electron chi connectivity index (χ3n) is 18.0. The fourth-order valence-corrected chi connectivity index (χ4v) is 13.6. The molecule has 0 spiro atoms. The minimum absolute atomic E-state index is 0.950. The molecule has 0 atom stereocenters. The molecule has 450 valence electrons. The average Bonchev–Trinajstić information content (AvgIpc) is 0.717. The molecule has 96 heavy (non-hydrogen) atoms. The van der Waals surface area contributed by atoms with Crippen molar-refractivity contribution in [3.05, 3.63) is 456 Å². The predicted octanol–water partition coefficient (Wildman–Crippen LogP) is 24.8. The number of hydrogen-bond acceptors (Lipinski definition) is 0. The Morgan fingerprint density at radius 1 is 0.125 bits per heavy atom. The van der Waals surface area contributed by atoms with Crippen molar-refractivity contribution in [2.75, 3.05) is 0 Å². The number of rotatable bonds is 15. The molecule has 15 aromatic carbocycles. The molecular weight excluding hydrogens is 1150 g/mol. The molecule has 0 fully saturated rings. The van der Waals surface area contributed by atoms with E-state index in [0.717, 1.165) is 100 Å². The largest absolute Gasteiger partial charge is 0.0622 e. The summed E-state index contributed by atoms with van der Waals surface area (Å²) < 4.78 is 0. The fraction of sp³-hybridized carbons (Fsp3) is 0. The Balaban J connectivity index is 0.867. The summed E-state index contributed by atoms with van der Waals surface area (Å²) in [5.74, 6) is 6.99. The highest BCUT2D eigenvalue weighted by Gasteiger charge is 2.30.